The average molecular weight is 433 g/mol. The second-order valence-electron chi connectivity index (χ2n) is 7.06. The van der Waals surface area contributed by atoms with E-state index in [2.05, 4.69) is 20.6 Å². The number of sulfone groups is 1. The van der Waals surface area contributed by atoms with Gasteiger partial charge in [0.05, 0.1) is 10.4 Å². The van der Waals surface area contributed by atoms with Crippen LogP contribution in [-0.2, 0) is 9.84 Å². The largest absolute Gasteiger partial charge is 0.340 e. The highest BCUT2D eigenvalue weighted by molar-refractivity contribution is 7.91. The molecule has 0 atom stereocenters. The Balaban J connectivity index is 1.73. The fraction of sp³-hybridized carbons (Fsp3) is 0.0455. The van der Waals surface area contributed by atoms with Crippen molar-refractivity contribution in [2.75, 3.05) is 5.32 Å². The molecule has 2 aromatic heterocycles. The van der Waals surface area contributed by atoms with E-state index in [9.17, 15) is 12.8 Å². The molecule has 154 valence electrons. The van der Waals surface area contributed by atoms with Gasteiger partial charge in [-0.1, -0.05) is 35.0 Å². The minimum Gasteiger partial charge on any atom is -0.340 e. The first-order valence-corrected chi connectivity index (χ1v) is 10.9. The quantitative estimate of drug-likeness (QED) is 0.455. The predicted octanol–water partition coefficient (Wildman–Crippen LogP) is 4.30. The van der Waals surface area contributed by atoms with E-state index in [4.69, 9.17) is 0 Å². The smallest absolute Gasteiger partial charge is 0.229 e. The highest BCUT2D eigenvalue weighted by Gasteiger charge is 2.27. The van der Waals surface area contributed by atoms with E-state index >= 15 is 0 Å². The van der Waals surface area contributed by atoms with Gasteiger partial charge in [0.15, 0.2) is 5.65 Å². The van der Waals surface area contributed by atoms with Crippen molar-refractivity contribution >= 4 is 37.9 Å². The highest BCUT2D eigenvalue weighted by atomic mass is 32.2. The van der Waals surface area contributed by atoms with Crippen LogP contribution in [0.2, 0.25) is 0 Å². The molecule has 5 aromatic rings. The molecule has 0 aliphatic rings. The Hall–Kier alpha value is -3.85. The molecule has 5 rings (SSSR count). The Morgan fingerprint density at radius 1 is 0.935 bits per heavy atom. The number of fused-ring (bicyclic) bond motifs is 3. The zero-order valence-corrected chi connectivity index (χ0v) is 17.1. The third-order valence-electron chi connectivity index (χ3n) is 4.91. The van der Waals surface area contributed by atoms with Gasteiger partial charge in [0.2, 0.25) is 14.9 Å². The molecule has 0 spiro atoms. The summed E-state index contributed by atoms with van der Waals surface area (Å²) in [7, 11) is -3.94. The molecule has 1 N–H and O–H groups in total. The van der Waals surface area contributed by atoms with Crippen LogP contribution in [0.25, 0.3) is 16.6 Å². The van der Waals surface area contributed by atoms with Crippen LogP contribution in [0.15, 0.2) is 82.7 Å². The first-order valence-electron chi connectivity index (χ1n) is 9.42. The van der Waals surface area contributed by atoms with Crippen molar-refractivity contribution in [3.05, 3.63) is 84.2 Å². The van der Waals surface area contributed by atoms with Crippen molar-refractivity contribution in [1.82, 2.24) is 19.8 Å². The summed E-state index contributed by atoms with van der Waals surface area (Å²) < 4.78 is 41.2. The van der Waals surface area contributed by atoms with Crippen molar-refractivity contribution in [2.24, 2.45) is 0 Å². The Kier molecular flexibility index (Phi) is 4.40. The van der Waals surface area contributed by atoms with Gasteiger partial charge in [-0.05, 0) is 55.5 Å². The number of halogens is 1. The molecule has 0 aliphatic heterocycles. The molecule has 9 heteroatoms. The van der Waals surface area contributed by atoms with Gasteiger partial charge in [-0.2, -0.15) is 4.52 Å². The summed E-state index contributed by atoms with van der Waals surface area (Å²) in [4.78, 5) is 4.66. The molecule has 0 saturated heterocycles. The van der Waals surface area contributed by atoms with Crippen molar-refractivity contribution in [3.8, 4) is 0 Å². The zero-order chi connectivity index (χ0) is 21.6. The number of para-hydroxylation sites is 1. The Bertz CT molecular complexity index is 1530. The number of nitrogens with zero attached hydrogens (tertiary/aromatic N) is 4. The van der Waals surface area contributed by atoms with Crippen molar-refractivity contribution < 1.29 is 12.8 Å². The first-order chi connectivity index (χ1) is 14.9. The Morgan fingerprint density at radius 3 is 2.39 bits per heavy atom. The lowest BCUT2D eigenvalue weighted by Crippen LogP contribution is -2.05. The van der Waals surface area contributed by atoms with Gasteiger partial charge in [0.1, 0.15) is 11.6 Å². The number of anilines is 2. The van der Waals surface area contributed by atoms with E-state index in [-0.39, 0.29) is 21.4 Å². The van der Waals surface area contributed by atoms with E-state index in [1.54, 1.807) is 30.3 Å². The highest BCUT2D eigenvalue weighted by Crippen LogP contribution is 2.29. The normalized spacial score (nSPS) is 11.8. The number of nitrogens with one attached hydrogen (secondary N) is 1. The van der Waals surface area contributed by atoms with Crippen LogP contribution in [0.4, 0.5) is 15.9 Å². The lowest BCUT2D eigenvalue weighted by atomic mass is 10.2. The van der Waals surface area contributed by atoms with Crippen LogP contribution in [-0.4, -0.2) is 28.2 Å². The second kappa shape index (κ2) is 7.13. The van der Waals surface area contributed by atoms with Gasteiger partial charge in [-0.3, -0.25) is 0 Å². The molecule has 3 aromatic carbocycles. The number of hydrogen-bond donors (Lipinski definition) is 1. The van der Waals surface area contributed by atoms with Crippen molar-refractivity contribution in [1.29, 1.82) is 0 Å². The third-order valence-corrected chi connectivity index (χ3v) is 6.58. The van der Waals surface area contributed by atoms with E-state index in [1.807, 2.05) is 25.1 Å². The maximum absolute atomic E-state index is 13.3. The Morgan fingerprint density at radius 2 is 1.65 bits per heavy atom. The summed E-state index contributed by atoms with van der Waals surface area (Å²) >= 11 is 0. The molecule has 0 bridgehead atoms. The van der Waals surface area contributed by atoms with Crippen LogP contribution in [0.1, 0.15) is 5.56 Å². The SMILES string of the molecule is Cc1ccc(S(=O)(=O)c2nnn3c2nc(Nc2ccc(F)cc2)c2ccccc23)cc1. The number of hydrogen-bond acceptors (Lipinski definition) is 6. The van der Waals surface area contributed by atoms with Crippen molar-refractivity contribution in [3.63, 3.8) is 0 Å². The summed E-state index contributed by atoms with van der Waals surface area (Å²) in [6, 6.07) is 19.6. The minimum atomic E-state index is -3.94. The van der Waals surface area contributed by atoms with Crippen LogP contribution in [0, 0.1) is 12.7 Å². The van der Waals surface area contributed by atoms with Gasteiger partial charge in [-0.25, -0.2) is 17.8 Å². The zero-order valence-electron chi connectivity index (χ0n) is 16.3. The first kappa shape index (κ1) is 19.1. The summed E-state index contributed by atoms with van der Waals surface area (Å²) in [6.07, 6.45) is 0. The number of aryl methyl sites for hydroxylation is 1. The fourth-order valence-electron chi connectivity index (χ4n) is 3.31. The van der Waals surface area contributed by atoms with Crippen LogP contribution < -0.4 is 5.32 Å². The summed E-state index contributed by atoms with van der Waals surface area (Å²) in [5, 5.41) is 11.6. The predicted molar refractivity (Wildman–Crippen MR) is 115 cm³/mol. The number of benzene rings is 3. The Labute approximate surface area is 177 Å². The molecule has 7 nitrogen and oxygen atoms in total. The summed E-state index contributed by atoms with van der Waals surface area (Å²) in [5.74, 6) is 0.0580. The lowest BCUT2D eigenvalue weighted by Gasteiger charge is -2.10. The topological polar surface area (TPSA) is 89.2 Å². The number of rotatable bonds is 4. The van der Waals surface area contributed by atoms with Crippen LogP contribution in [0.3, 0.4) is 0 Å². The molecule has 31 heavy (non-hydrogen) atoms. The molecule has 0 radical (unpaired) electrons. The molecule has 2 heterocycles. The van der Waals surface area contributed by atoms with Gasteiger partial charge < -0.3 is 5.32 Å². The molecule has 0 unspecified atom stereocenters. The van der Waals surface area contributed by atoms with E-state index < -0.39 is 9.84 Å². The van der Waals surface area contributed by atoms with Crippen LogP contribution >= 0.6 is 0 Å². The third kappa shape index (κ3) is 3.28. The van der Waals surface area contributed by atoms with E-state index in [0.29, 0.717) is 22.4 Å². The maximum Gasteiger partial charge on any atom is 0.229 e. The average Bonchev–Trinajstić information content (AvgIpc) is 3.21. The molecule has 0 aliphatic carbocycles. The van der Waals surface area contributed by atoms with Gasteiger partial charge in [-0.15, -0.1) is 5.10 Å². The van der Waals surface area contributed by atoms with E-state index in [0.717, 1.165) is 5.56 Å². The van der Waals surface area contributed by atoms with Crippen molar-refractivity contribution in [2.45, 2.75) is 16.8 Å². The maximum atomic E-state index is 13.3. The molecular weight excluding hydrogens is 417 g/mol. The van der Waals surface area contributed by atoms with Gasteiger partial charge in [0.25, 0.3) is 0 Å². The minimum absolute atomic E-state index is 0.101. The molecular formula is C22H16FN5O2S. The van der Waals surface area contributed by atoms with Gasteiger partial charge >= 0.3 is 0 Å². The monoisotopic (exact) mass is 433 g/mol. The summed E-state index contributed by atoms with van der Waals surface area (Å²) in [5.41, 5.74) is 2.29. The van der Waals surface area contributed by atoms with Gasteiger partial charge in [0, 0.05) is 11.1 Å². The molecule has 0 fully saturated rings. The fourth-order valence-corrected chi connectivity index (χ4v) is 4.55. The van der Waals surface area contributed by atoms with E-state index in [1.165, 1.54) is 28.8 Å². The summed E-state index contributed by atoms with van der Waals surface area (Å²) in [6.45, 7) is 1.88. The van der Waals surface area contributed by atoms with Crippen LogP contribution in [0.5, 0.6) is 0 Å². The number of aromatic nitrogens is 4. The second-order valence-corrected chi connectivity index (χ2v) is 8.92. The lowest BCUT2D eigenvalue weighted by molar-refractivity contribution is 0.592. The standard InChI is InChI=1S/C22H16FN5O2S/c1-14-6-12-17(13-7-14)31(29,30)22-21-25-20(24-16-10-8-15(23)9-11-16)18-4-2-3-5-19(18)28(21)27-26-22/h2-13H,1H3,(H,24,25). The molecule has 0 saturated carbocycles. The molecule has 0 amide bonds.